The largest absolute Gasteiger partial charge is 0.396 e. The fourth-order valence-corrected chi connectivity index (χ4v) is 4.36. The Kier molecular flexibility index (Phi) is 8.60. The smallest absolute Gasteiger partial charge is 0.214 e. The van der Waals surface area contributed by atoms with Crippen LogP contribution in [0.4, 0.5) is 5.82 Å². The number of amides is 1. The molecule has 0 bridgehead atoms. The molecule has 0 aliphatic rings. The lowest BCUT2D eigenvalue weighted by atomic mass is 10.2. The zero-order valence-electron chi connectivity index (χ0n) is 15.9. The van der Waals surface area contributed by atoms with Crippen molar-refractivity contribution in [3.63, 3.8) is 0 Å². The van der Waals surface area contributed by atoms with Gasteiger partial charge in [-0.3, -0.25) is 4.79 Å². The van der Waals surface area contributed by atoms with Gasteiger partial charge in [-0.25, -0.2) is 9.97 Å². The van der Waals surface area contributed by atoms with Crippen LogP contribution < -0.4 is 5.73 Å². The van der Waals surface area contributed by atoms with E-state index in [0.29, 0.717) is 55.4 Å². The lowest BCUT2D eigenvalue weighted by Crippen LogP contribution is -2.22. The molecule has 0 aliphatic heterocycles. The van der Waals surface area contributed by atoms with Crippen LogP contribution in [0.2, 0.25) is 10.0 Å². The second kappa shape index (κ2) is 10.7. The molecule has 156 valence electrons. The third kappa shape index (κ3) is 6.01. The van der Waals surface area contributed by atoms with Crippen LogP contribution in [0, 0.1) is 6.92 Å². The summed E-state index contributed by atoms with van der Waals surface area (Å²) in [6.45, 7) is 3.43. The molecule has 1 heterocycles. The Bertz CT molecular complexity index is 946. The van der Waals surface area contributed by atoms with E-state index in [4.69, 9.17) is 28.9 Å². The minimum absolute atomic E-state index is 0.0765. The molecule has 7 nitrogen and oxygen atoms in total. The normalized spacial score (nSPS) is 12.8. The highest BCUT2D eigenvalue weighted by Crippen LogP contribution is 2.29. The van der Waals surface area contributed by atoms with Crippen molar-refractivity contribution in [1.29, 1.82) is 0 Å². The number of nitrogens with two attached hydrogens (primary N) is 1. The molecule has 0 radical (unpaired) electrons. The summed E-state index contributed by atoms with van der Waals surface area (Å²) in [6, 6.07) is 4.92. The fraction of sp³-hybridized carbons (Fsp3) is 0.263. The molecule has 1 amide bonds. The molecule has 2 aromatic rings. The van der Waals surface area contributed by atoms with Crippen molar-refractivity contribution in [3.8, 4) is 0 Å². The predicted molar refractivity (Wildman–Crippen MR) is 119 cm³/mol. The Morgan fingerprint density at radius 3 is 2.55 bits per heavy atom. The number of anilines is 1. The third-order valence-electron chi connectivity index (χ3n) is 4.11. The molecule has 29 heavy (non-hydrogen) atoms. The Hall–Kier alpha value is -1.97. The van der Waals surface area contributed by atoms with Crippen molar-refractivity contribution in [2.24, 2.45) is 0 Å². The maximum atomic E-state index is 11.7. The summed E-state index contributed by atoms with van der Waals surface area (Å²) in [5, 5.41) is 20.6. The minimum Gasteiger partial charge on any atom is -0.396 e. The molecular weight excluding hydrogens is 435 g/mol. The second-order valence-electron chi connectivity index (χ2n) is 6.10. The number of benzene rings is 1. The SMILES string of the molecule is C/C(=C(CCO)/[SH]=C(\O)c1c(Cl)cccc1Cl)N(C=O)Cc1cnc(C)nc1N. The lowest BCUT2D eigenvalue weighted by Gasteiger charge is -2.21. The zero-order chi connectivity index (χ0) is 21.6. The number of nitrogens with zero attached hydrogens (tertiary/aromatic N) is 3. The quantitative estimate of drug-likeness (QED) is 0.275. The molecule has 0 atom stereocenters. The van der Waals surface area contributed by atoms with Gasteiger partial charge < -0.3 is 20.8 Å². The molecule has 2 rings (SSSR count). The summed E-state index contributed by atoms with van der Waals surface area (Å²) in [7, 11) is 0. The first-order chi connectivity index (χ1) is 13.8. The van der Waals surface area contributed by atoms with Crippen molar-refractivity contribution >= 4 is 51.8 Å². The van der Waals surface area contributed by atoms with Gasteiger partial charge in [-0.1, -0.05) is 29.3 Å². The van der Waals surface area contributed by atoms with Gasteiger partial charge >= 0.3 is 0 Å². The van der Waals surface area contributed by atoms with Crippen LogP contribution >= 0.6 is 34.6 Å². The first-order valence-electron chi connectivity index (χ1n) is 8.61. The predicted octanol–water partition coefficient (Wildman–Crippen LogP) is 3.45. The first-order valence-corrected chi connectivity index (χ1v) is 10.3. The summed E-state index contributed by atoms with van der Waals surface area (Å²) >= 11 is 12.7. The standard InChI is InChI=1S/C19H22Cl2N4O3S/c1-11(25(10-27)9-13-8-23-12(2)24-18(13)22)16(6-7-26)29-19(28)17-14(20)4-3-5-15(17)21/h3-5,8,10,26,28-29H,6-7,9H2,1-2H3,(H2,22,23,24)/b16-11-. The van der Waals surface area contributed by atoms with E-state index < -0.39 is 0 Å². The van der Waals surface area contributed by atoms with E-state index in [1.807, 2.05) is 0 Å². The summed E-state index contributed by atoms with van der Waals surface area (Å²) in [6.07, 6.45) is 2.46. The molecular formula is C19H22Cl2N4O3S. The number of hydrogen-bond acceptors (Lipinski definition) is 5. The van der Waals surface area contributed by atoms with Crippen LogP contribution in [0.3, 0.4) is 0 Å². The average Bonchev–Trinajstić information content (AvgIpc) is 2.66. The van der Waals surface area contributed by atoms with Crippen LogP contribution in [0.1, 0.15) is 30.3 Å². The molecule has 4 N–H and O–H groups in total. The van der Waals surface area contributed by atoms with E-state index in [-0.39, 0.29) is 30.4 Å². The molecule has 0 saturated heterocycles. The van der Waals surface area contributed by atoms with Gasteiger partial charge in [0.25, 0.3) is 0 Å². The third-order valence-corrected chi connectivity index (χ3v) is 5.99. The summed E-state index contributed by atoms with van der Waals surface area (Å²) in [5.74, 6) is 0.822. The van der Waals surface area contributed by atoms with Crippen molar-refractivity contribution < 1.29 is 15.0 Å². The monoisotopic (exact) mass is 456 g/mol. The number of carbonyl (C=O) groups excluding carboxylic acids is 1. The van der Waals surface area contributed by atoms with Gasteiger partial charge in [0.2, 0.25) is 6.41 Å². The fourth-order valence-electron chi connectivity index (χ4n) is 2.54. The topological polar surface area (TPSA) is 113 Å². The first kappa shape index (κ1) is 23.3. The van der Waals surface area contributed by atoms with Gasteiger partial charge in [-0.2, -0.15) is 0 Å². The Labute approximate surface area is 182 Å². The van der Waals surface area contributed by atoms with Crippen LogP contribution in [0.15, 0.2) is 35.0 Å². The highest BCUT2D eigenvalue weighted by Gasteiger charge is 2.15. The lowest BCUT2D eigenvalue weighted by molar-refractivity contribution is -0.116. The average molecular weight is 457 g/mol. The van der Waals surface area contributed by atoms with Gasteiger partial charge in [0, 0.05) is 41.0 Å². The van der Waals surface area contributed by atoms with E-state index in [1.165, 1.54) is 4.90 Å². The molecule has 1 aromatic heterocycles. The number of allylic oxidation sites excluding steroid dienone is 1. The molecule has 1 aromatic carbocycles. The highest BCUT2D eigenvalue weighted by atomic mass is 35.5. The second-order valence-corrected chi connectivity index (χ2v) is 8.10. The van der Waals surface area contributed by atoms with E-state index in [2.05, 4.69) is 9.97 Å². The minimum atomic E-state index is -0.161. The summed E-state index contributed by atoms with van der Waals surface area (Å²) in [4.78, 5) is 22.0. The maximum absolute atomic E-state index is 11.7. The van der Waals surface area contributed by atoms with E-state index >= 15 is 0 Å². The van der Waals surface area contributed by atoms with Crippen LogP contribution in [0.5, 0.6) is 0 Å². The van der Waals surface area contributed by atoms with Crippen LogP contribution in [-0.4, -0.2) is 43.1 Å². The van der Waals surface area contributed by atoms with Gasteiger partial charge in [0.15, 0.2) is 0 Å². The van der Waals surface area contributed by atoms with Gasteiger partial charge in [-0.05, 0) is 26.0 Å². The van der Waals surface area contributed by atoms with E-state index in [9.17, 15) is 15.0 Å². The number of rotatable bonds is 8. The molecule has 0 fully saturated rings. The Morgan fingerprint density at radius 2 is 2.00 bits per heavy atom. The van der Waals surface area contributed by atoms with Gasteiger partial charge in [0.1, 0.15) is 16.7 Å². The number of aromatic nitrogens is 2. The number of aliphatic hydroxyl groups is 2. The van der Waals surface area contributed by atoms with Crippen molar-refractivity contribution in [3.05, 3.63) is 62.0 Å². The number of carbonyl (C=O) groups is 1. The highest BCUT2D eigenvalue weighted by molar-refractivity contribution is 8.02. The zero-order valence-corrected chi connectivity index (χ0v) is 18.3. The Morgan fingerprint density at radius 1 is 1.34 bits per heavy atom. The molecule has 0 aliphatic carbocycles. The van der Waals surface area contributed by atoms with Crippen molar-refractivity contribution in [1.82, 2.24) is 14.9 Å². The number of hydrogen-bond donors (Lipinski definition) is 4. The van der Waals surface area contributed by atoms with E-state index in [1.54, 1.807) is 38.2 Å². The molecule has 10 heteroatoms. The summed E-state index contributed by atoms with van der Waals surface area (Å²) < 4.78 is 0. The van der Waals surface area contributed by atoms with Crippen LogP contribution in [0.25, 0.3) is 0 Å². The van der Waals surface area contributed by atoms with Gasteiger partial charge in [0.05, 0.1) is 16.6 Å². The number of nitrogen functional groups attached to an aromatic ring is 1. The molecule has 0 unspecified atom stereocenters. The number of aryl methyl sites for hydroxylation is 1. The Balaban J connectivity index is 2.44. The number of aliphatic hydroxyl groups excluding tert-OH is 2. The van der Waals surface area contributed by atoms with Gasteiger partial charge in [-0.15, -0.1) is 11.4 Å². The van der Waals surface area contributed by atoms with Crippen molar-refractivity contribution in [2.45, 2.75) is 26.8 Å². The van der Waals surface area contributed by atoms with Crippen LogP contribution in [-0.2, 0) is 11.3 Å². The van der Waals surface area contributed by atoms with E-state index in [0.717, 1.165) is 0 Å². The molecule has 0 saturated carbocycles. The summed E-state index contributed by atoms with van der Waals surface area (Å²) in [5.41, 5.74) is 7.39. The van der Waals surface area contributed by atoms with Crippen molar-refractivity contribution in [2.75, 3.05) is 12.3 Å². The molecule has 0 spiro atoms. The number of thiol groups is 1. The maximum Gasteiger partial charge on any atom is 0.214 e. The number of halogens is 2.